The number of para-hydroxylation sites is 1. The van der Waals surface area contributed by atoms with Crippen molar-refractivity contribution >= 4 is 59.8 Å². The van der Waals surface area contributed by atoms with Gasteiger partial charge in [-0.2, -0.15) is 0 Å². The molecule has 0 spiro atoms. The van der Waals surface area contributed by atoms with Crippen molar-refractivity contribution in [3.63, 3.8) is 0 Å². The van der Waals surface area contributed by atoms with Crippen LogP contribution in [-0.4, -0.2) is 15.8 Å². The lowest BCUT2D eigenvalue weighted by molar-refractivity contribution is 0.409. The molecule has 1 aliphatic heterocycles. The SMILES string of the molecule is c1ccc(C2=NC(c3cc(-c4cccc5c(-c6nc7ccccc7c7ccncc67)cccc45)cc(-c4cc5ccccc5c5ccccc45)c3)NC(c3ccccc3)N2)cc1. The van der Waals surface area contributed by atoms with Crippen LogP contribution in [-0.2, 0) is 0 Å². The number of pyridine rings is 2. The zero-order chi connectivity index (χ0) is 41.0. The molecule has 5 nitrogen and oxygen atoms in total. The second-order valence-electron chi connectivity index (χ2n) is 16.0. The van der Waals surface area contributed by atoms with Crippen LogP contribution in [0.4, 0.5) is 0 Å². The Balaban J connectivity index is 1.10. The number of aliphatic imine (C=N–C) groups is 1. The van der Waals surface area contributed by atoms with Crippen LogP contribution in [0.3, 0.4) is 0 Å². The summed E-state index contributed by atoms with van der Waals surface area (Å²) < 4.78 is 0. The molecule has 2 atom stereocenters. The van der Waals surface area contributed by atoms with Gasteiger partial charge in [0.15, 0.2) is 0 Å². The first-order valence-corrected chi connectivity index (χ1v) is 21.2. The summed E-state index contributed by atoms with van der Waals surface area (Å²) in [6.07, 6.45) is 3.31. The monoisotopic (exact) mass is 793 g/mol. The molecule has 5 heteroatoms. The van der Waals surface area contributed by atoms with Crippen molar-refractivity contribution in [2.75, 3.05) is 0 Å². The fourth-order valence-electron chi connectivity index (χ4n) is 9.47. The summed E-state index contributed by atoms with van der Waals surface area (Å²) in [7, 11) is 0. The number of amidine groups is 1. The van der Waals surface area contributed by atoms with E-state index in [-0.39, 0.29) is 12.3 Å². The van der Waals surface area contributed by atoms with Gasteiger partial charge in [0.25, 0.3) is 0 Å². The Morgan fingerprint density at radius 3 is 1.84 bits per heavy atom. The zero-order valence-electron chi connectivity index (χ0n) is 33.7. The van der Waals surface area contributed by atoms with Crippen LogP contribution in [0.2, 0.25) is 0 Å². The fourth-order valence-corrected chi connectivity index (χ4v) is 9.47. The number of fused-ring (bicyclic) bond motifs is 7. The van der Waals surface area contributed by atoms with E-state index in [0.717, 1.165) is 82.9 Å². The van der Waals surface area contributed by atoms with E-state index in [0.29, 0.717) is 0 Å². The lowest BCUT2D eigenvalue weighted by Crippen LogP contribution is -2.44. The third-order valence-corrected chi connectivity index (χ3v) is 12.4. The number of nitrogens with one attached hydrogen (secondary N) is 2. The molecular weight excluding hydrogens is 755 g/mol. The van der Waals surface area contributed by atoms with Crippen LogP contribution in [0.25, 0.3) is 87.5 Å². The molecule has 62 heavy (non-hydrogen) atoms. The predicted molar refractivity (Wildman–Crippen MR) is 257 cm³/mol. The van der Waals surface area contributed by atoms with Gasteiger partial charge in [0.1, 0.15) is 18.2 Å². The maximum Gasteiger partial charge on any atom is 0.131 e. The molecule has 0 saturated heterocycles. The molecule has 0 saturated carbocycles. The largest absolute Gasteiger partial charge is 0.350 e. The van der Waals surface area contributed by atoms with Crippen LogP contribution in [0, 0.1) is 0 Å². The number of nitrogens with zero attached hydrogens (tertiary/aromatic N) is 3. The van der Waals surface area contributed by atoms with Crippen LogP contribution < -0.4 is 10.6 Å². The average Bonchev–Trinajstić information content (AvgIpc) is 3.35. The lowest BCUT2D eigenvalue weighted by Gasteiger charge is -2.32. The number of benzene rings is 9. The summed E-state index contributed by atoms with van der Waals surface area (Å²) in [5.41, 5.74) is 10.8. The Bertz CT molecular complexity index is 3540. The molecule has 292 valence electrons. The Morgan fingerprint density at radius 1 is 0.403 bits per heavy atom. The minimum Gasteiger partial charge on any atom is -0.350 e. The first-order valence-electron chi connectivity index (χ1n) is 21.2. The molecule has 12 rings (SSSR count). The van der Waals surface area contributed by atoms with Crippen molar-refractivity contribution in [2.45, 2.75) is 12.3 Å². The van der Waals surface area contributed by atoms with Gasteiger partial charge in [-0.1, -0.05) is 164 Å². The highest BCUT2D eigenvalue weighted by Gasteiger charge is 2.27. The average molecular weight is 794 g/mol. The Morgan fingerprint density at radius 2 is 1.02 bits per heavy atom. The van der Waals surface area contributed by atoms with Gasteiger partial charge in [0.2, 0.25) is 0 Å². The molecule has 9 aromatic carbocycles. The number of hydrogen-bond donors (Lipinski definition) is 2. The first kappa shape index (κ1) is 35.9. The maximum absolute atomic E-state index is 5.43. The van der Waals surface area contributed by atoms with Crippen molar-refractivity contribution in [1.29, 1.82) is 0 Å². The van der Waals surface area contributed by atoms with Crippen LogP contribution >= 0.6 is 0 Å². The van der Waals surface area contributed by atoms with E-state index in [9.17, 15) is 0 Å². The van der Waals surface area contributed by atoms with Gasteiger partial charge in [-0.15, -0.1) is 0 Å². The smallest absolute Gasteiger partial charge is 0.131 e. The zero-order valence-corrected chi connectivity index (χ0v) is 33.7. The molecule has 0 aliphatic carbocycles. The van der Waals surface area contributed by atoms with E-state index in [4.69, 9.17) is 9.98 Å². The Labute approximate surface area is 359 Å². The van der Waals surface area contributed by atoms with E-state index in [1.807, 2.05) is 18.5 Å². The van der Waals surface area contributed by atoms with Gasteiger partial charge >= 0.3 is 0 Å². The fraction of sp³-hybridized carbons (Fsp3) is 0.0351. The van der Waals surface area contributed by atoms with E-state index < -0.39 is 0 Å². The number of hydrogen-bond acceptors (Lipinski definition) is 5. The molecule has 0 radical (unpaired) electrons. The van der Waals surface area contributed by atoms with Gasteiger partial charge < -0.3 is 5.32 Å². The molecule has 0 fully saturated rings. The van der Waals surface area contributed by atoms with Crippen LogP contribution in [0.15, 0.2) is 218 Å². The normalized spacial score (nSPS) is 15.3. The van der Waals surface area contributed by atoms with Crippen molar-refractivity contribution in [3.05, 3.63) is 229 Å². The topological polar surface area (TPSA) is 62.2 Å². The molecule has 1 aliphatic rings. The summed E-state index contributed by atoms with van der Waals surface area (Å²) in [4.78, 5) is 15.3. The summed E-state index contributed by atoms with van der Waals surface area (Å²) in [5, 5.41) is 18.1. The molecule has 2 N–H and O–H groups in total. The number of rotatable bonds is 6. The quantitative estimate of drug-likeness (QED) is 0.165. The van der Waals surface area contributed by atoms with Crippen molar-refractivity contribution in [2.24, 2.45) is 4.99 Å². The third-order valence-electron chi connectivity index (χ3n) is 12.4. The van der Waals surface area contributed by atoms with E-state index >= 15 is 0 Å². The summed E-state index contributed by atoms with van der Waals surface area (Å²) in [6, 6.07) is 71.6. The minimum atomic E-state index is -0.353. The Hall–Kier alpha value is -7.99. The number of aromatic nitrogens is 2. The predicted octanol–water partition coefficient (Wildman–Crippen LogP) is 13.6. The summed E-state index contributed by atoms with van der Waals surface area (Å²) in [5.74, 6) is 0.853. The van der Waals surface area contributed by atoms with Gasteiger partial charge in [0, 0.05) is 34.3 Å². The van der Waals surface area contributed by atoms with Gasteiger partial charge in [-0.05, 0) is 107 Å². The molecule has 3 heterocycles. The molecule has 11 aromatic rings. The van der Waals surface area contributed by atoms with Gasteiger partial charge in [-0.25, -0.2) is 9.98 Å². The van der Waals surface area contributed by atoms with Crippen LogP contribution in [0.5, 0.6) is 0 Å². The van der Waals surface area contributed by atoms with Gasteiger partial charge in [-0.3, -0.25) is 10.3 Å². The molecule has 2 aromatic heterocycles. The van der Waals surface area contributed by atoms with E-state index in [1.165, 1.54) is 27.1 Å². The van der Waals surface area contributed by atoms with E-state index in [2.05, 4.69) is 210 Å². The third kappa shape index (κ3) is 6.18. The highest BCUT2D eigenvalue weighted by molar-refractivity contribution is 6.16. The first-order chi connectivity index (χ1) is 30.7. The summed E-state index contributed by atoms with van der Waals surface area (Å²) >= 11 is 0. The maximum atomic E-state index is 5.43. The second-order valence-corrected chi connectivity index (χ2v) is 16.0. The highest BCUT2D eigenvalue weighted by atomic mass is 15.3. The van der Waals surface area contributed by atoms with Gasteiger partial charge in [0.05, 0.1) is 11.2 Å². The standard InChI is InChI=1S/C57H39N5/c1-3-15-36(16-4-1)55-60-56(37-17-5-2-6-18-37)62-57(61-55)41-32-39(31-40(33-41)51-34-38-19-7-8-20-42(38)44-21-9-10-22-47(44)51)43-24-13-26-46-45(43)25-14-27-50(46)54-52-35-58-30-29-48(52)49-23-11-12-28-53(49)59-54/h1-35,55,57,61H,(H,60,62). The molecular formula is C57H39N5. The van der Waals surface area contributed by atoms with Crippen molar-refractivity contribution in [3.8, 4) is 33.5 Å². The summed E-state index contributed by atoms with van der Waals surface area (Å²) in [6.45, 7) is 0. The van der Waals surface area contributed by atoms with E-state index in [1.54, 1.807) is 0 Å². The molecule has 0 amide bonds. The second kappa shape index (κ2) is 14.9. The molecule has 0 bridgehead atoms. The lowest BCUT2D eigenvalue weighted by atomic mass is 9.88. The highest BCUT2D eigenvalue weighted by Crippen LogP contribution is 2.42. The Kier molecular flexibility index (Phi) is 8.65. The van der Waals surface area contributed by atoms with Crippen molar-refractivity contribution < 1.29 is 0 Å². The van der Waals surface area contributed by atoms with Crippen LogP contribution in [0.1, 0.15) is 29.0 Å². The minimum absolute atomic E-state index is 0.165. The van der Waals surface area contributed by atoms with Crippen molar-refractivity contribution in [1.82, 2.24) is 20.6 Å². The molecule has 2 unspecified atom stereocenters.